The Morgan fingerprint density at radius 2 is 1.83 bits per heavy atom. The Morgan fingerprint density at radius 3 is 2.43 bits per heavy atom. The molecule has 3 rings (SSSR count). The lowest BCUT2D eigenvalue weighted by Gasteiger charge is -2.25. The molecule has 2 saturated heterocycles. The van der Waals surface area contributed by atoms with Gasteiger partial charge in [-0.25, -0.2) is 13.4 Å². The summed E-state index contributed by atoms with van der Waals surface area (Å²) < 4.78 is 22.7. The average Bonchev–Trinajstić information content (AvgIpc) is 3.04. The zero-order chi connectivity index (χ0) is 16.3. The van der Waals surface area contributed by atoms with Crippen LogP contribution in [-0.4, -0.2) is 68.4 Å². The Bertz CT molecular complexity index is 640. The summed E-state index contributed by atoms with van der Waals surface area (Å²) in [5.41, 5.74) is 0.669. The summed E-state index contributed by atoms with van der Waals surface area (Å²) in [5.74, 6) is 1.07. The molecule has 1 aromatic rings. The Balaban J connectivity index is 1.49. The molecule has 23 heavy (non-hydrogen) atoms. The number of pyridine rings is 1. The maximum Gasteiger partial charge on any atom is 0.238 e. The van der Waals surface area contributed by atoms with Crippen molar-refractivity contribution in [1.82, 2.24) is 9.88 Å². The van der Waals surface area contributed by atoms with Gasteiger partial charge in [-0.3, -0.25) is 9.69 Å². The summed E-state index contributed by atoms with van der Waals surface area (Å²) in [7, 11) is -2.91. The molecule has 2 fully saturated rings. The summed E-state index contributed by atoms with van der Waals surface area (Å²) in [4.78, 5) is 20.5. The van der Waals surface area contributed by atoms with Gasteiger partial charge in [0.05, 0.1) is 29.9 Å². The fraction of sp³-hybridized carbons (Fsp3) is 0.600. The topological polar surface area (TPSA) is 82.6 Å². The third-order valence-electron chi connectivity index (χ3n) is 4.27. The van der Waals surface area contributed by atoms with Crippen LogP contribution in [0.15, 0.2) is 18.3 Å². The molecule has 0 spiro atoms. The molecule has 3 heterocycles. The number of aromatic nitrogens is 1. The lowest BCUT2D eigenvalue weighted by Crippen LogP contribution is -2.43. The number of anilines is 2. The van der Waals surface area contributed by atoms with Crippen LogP contribution in [0.1, 0.15) is 12.8 Å². The van der Waals surface area contributed by atoms with E-state index in [4.69, 9.17) is 0 Å². The normalized spacial score (nSPS) is 21.3. The van der Waals surface area contributed by atoms with Crippen molar-refractivity contribution in [2.45, 2.75) is 12.8 Å². The van der Waals surface area contributed by atoms with E-state index in [1.165, 1.54) is 12.8 Å². The van der Waals surface area contributed by atoms with Crippen LogP contribution < -0.4 is 10.2 Å². The first-order chi connectivity index (χ1) is 11.0. The van der Waals surface area contributed by atoms with Crippen molar-refractivity contribution in [3.63, 3.8) is 0 Å². The lowest BCUT2D eigenvalue weighted by molar-refractivity contribution is -0.117. The molecule has 1 aromatic heterocycles. The molecule has 8 heteroatoms. The van der Waals surface area contributed by atoms with Gasteiger partial charge in [0.2, 0.25) is 5.91 Å². The van der Waals surface area contributed by atoms with Crippen molar-refractivity contribution >= 4 is 27.2 Å². The molecule has 0 saturated carbocycles. The highest BCUT2D eigenvalue weighted by molar-refractivity contribution is 7.91. The molecule has 2 aliphatic rings. The minimum absolute atomic E-state index is 0.131. The molecule has 0 unspecified atom stereocenters. The number of rotatable bonds is 4. The molecule has 1 amide bonds. The van der Waals surface area contributed by atoms with Gasteiger partial charge in [0, 0.05) is 26.2 Å². The van der Waals surface area contributed by atoms with Crippen LogP contribution in [0.3, 0.4) is 0 Å². The van der Waals surface area contributed by atoms with Crippen molar-refractivity contribution < 1.29 is 13.2 Å². The molecule has 126 valence electrons. The number of nitrogens with zero attached hydrogens (tertiary/aromatic N) is 3. The van der Waals surface area contributed by atoms with Gasteiger partial charge in [-0.15, -0.1) is 0 Å². The largest absolute Gasteiger partial charge is 0.357 e. The molecule has 0 aliphatic carbocycles. The van der Waals surface area contributed by atoms with Crippen LogP contribution in [0, 0.1) is 0 Å². The molecule has 0 bridgehead atoms. The SMILES string of the molecule is O=C(CN1CCS(=O)(=O)CC1)Nc1ccc(N2CCCC2)nc1. The Labute approximate surface area is 136 Å². The first-order valence-corrected chi connectivity index (χ1v) is 9.78. The summed E-state index contributed by atoms with van der Waals surface area (Å²) in [6, 6.07) is 3.79. The van der Waals surface area contributed by atoms with Crippen LogP contribution in [0.2, 0.25) is 0 Å². The van der Waals surface area contributed by atoms with Gasteiger partial charge in [-0.05, 0) is 25.0 Å². The van der Waals surface area contributed by atoms with Crippen molar-refractivity contribution in [1.29, 1.82) is 0 Å². The standard InChI is InChI=1S/C15H22N4O3S/c20-15(12-18-7-9-23(21,22)10-8-18)17-13-3-4-14(16-11-13)19-5-1-2-6-19/h3-4,11H,1-2,5-10,12H2,(H,17,20). The van der Waals surface area contributed by atoms with Crippen molar-refractivity contribution in [3.8, 4) is 0 Å². The Morgan fingerprint density at radius 1 is 1.13 bits per heavy atom. The smallest absolute Gasteiger partial charge is 0.238 e. The minimum Gasteiger partial charge on any atom is -0.357 e. The van der Waals surface area contributed by atoms with Crippen molar-refractivity contribution in [3.05, 3.63) is 18.3 Å². The summed E-state index contributed by atoms with van der Waals surface area (Å²) in [5, 5.41) is 2.82. The van der Waals surface area contributed by atoms with E-state index < -0.39 is 9.84 Å². The predicted octanol–water partition coefficient (Wildman–Crippen LogP) is 0.351. The van der Waals surface area contributed by atoms with Gasteiger partial charge < -0.3 is 10.2 Å². The van der Waals surface area contributed by atoms with Crippen molar-refractivity contribution in [2.24, 2.45) is 0 Å². The zero-order valence-corrected chi connectivity index (χ0v) is 13.9. The number of carbonyl (C=O) groups excluding carboxylic acids is 1. The second-order valence-corrected chi connectivity index (χ2v) is 8.38. The second-order valence-electron chi connectivity index (χ2n) is 6.08. The van der Waals surface area contributed by atoms with Crippen molar-refractivity contribution in [2.75, 3.05) is 54.4 Å². The molecule has 0 radical (unpaired) electrons. The molecule has 0 aromatic carbocycles. The Kier molecular flexibility index (Phi) is 4.82. The Hall–Kier alpha value is -1.67. The average molecular weight is 338 g/mol. The summed E-state index contributed by atoms with van der Waals surface area (Å²) in [6.45, 7) is 3.13. The van der Waals surface area contributed by atoms with E-state index in [1.54, 1.807) is 6.20 Å². The number of sulfone groups is 1. The second kappa shape index (κ2) is 6.84. The van der Waals surface area contributed by atoms with E-state index in [0.29, 0.717) is 18.8 Å². The third kappa shape index (κ3) is 4.42. The summed E-state index contributed by atoms with van der Waals surface area (Å²) in [6.07, 6.45) is 4.07. The predicted molar refractivity (Wildman–Crippen MR) is 89.4 cm³/mol. The van der Waals surface area contributed by atoms with E-state index in [-0.39, 0.29) is 24.0 Å². The summed E-state index contributed by atoms with van der Waals surface area (Å²) >= 11 is 0. The number of nitrogens with one attached hydrogen (secondary N) is 1. The van der Waals surface area contributed by atoms with Gasteiger partial charge in [0.25, 0.3) is 0 Å². The van der Waals surface area contributed by atoms with Gasteiger partial charge in [-0.2, -0.15) is 0 Å². The lowest BCUT2D eigenvalue weighted by atomic mass is 10.3. The minimum atomic E-state index is -2.91. The van der Waals surface area contributed by atoms with E-state index >= 15 is 0 Å². The van der Waals surface area contributed by atoms with Crippen LogP contribution in [0.25, 0.3) is 0 Å². The first kappa shape index (κ1) is 16.2. The van der Waals surface area contributed by atoms with Gasteiger partial charge >= 0.3 is 0 Å². The van der Waals surface area contributed by atoms with Crippen LogP contribution in [0.5, 0.6) is 0 Å². The van der Waals surface area contributed by atoms with Crippen LogP contribution in [-0.2, 0) is 14.6 Å². The highest BCUT2D eigenvalue weighted by atomic mass is 32.2. The maximum atomic E-state index is 12.0. The molecular formula is C15H22N4O3S. The highest BCUT2D eigenvalue weighted by Gasteiger charge is 2.23. The molecule has 1 N–H and O–H groups in total. The molecule has 2 aliphatic heterocycles. The van der Waals surface area contributed by atoms with Crippen LogP contribution in [0.4, 0.5) is 11.5 Å². The van der Waals surface area contributed by atoms with Gasteiger partial charge in [-0.1, -0.05) is 0 Å². The van der Waals surface area contributed by atoms with E-state index in [2.05, 4.69) is 15.2 Å². The number of hydrogen-bond acceptors (Lipinski definition) is 6. The molecular weight excluding hydrogens is 316 g/mol. The zero-order valence-electron chi connectivity index (χ0n) is 13.1. The quantitative estimate of drug-likeness (QED) is 0.853. The fourth-order valence-corrected chi connectivity index (χ4v) is 4.18. The first-order valence-electron chi connectivity index (χ1n) is 7.95. The maximum absolute atomic E-state index is 12.0. The van der Waals surface area contributed by atoms with Gasteiger partial charge in [0.15, 0.2) is 9.84 Å². The van der Waals surface area contributed by atoms with E-state index in [1.807, 2.05) is 17.0 Å². The monoisotopic (exact) mass is 338 g/mol. The number of amides is 1. The third-order valence-corrected chi connectivity index (χ3v) is 5.88. The molecule has 7 nitrogen and oxygen atoms in total. The fourth-order valence-electron chi connectivity index (χ4n) is 2.91. The van der Waals surface area contributed by atoms with E-state index in [9.17, 15) is 13.2 Å². The number of hydrogen-bond donors (Lipinski definition) is 1. The number of carbonyl (C=O) groups is 1. The molecule has 0 atom stereocenters. The van der Waals surface area contributed by atoms with Crippen LogP contribution >= 0.6 is 0 Å². The highest BCUT2D eigenvalue weighted by Crippen LogP contribution is 2.19. The van der Waals surface area contributed by atoms with E-state index in [0.717, 1.165) is 18.9 Å². The van der Waals surface area contributed by atoms with Gasteiger partial charge in [0.1, 0.15) is 5.82 Å².